The highest BCUT2D eigenvalue weighted by atomic mass is 79.9. The molecule has 2 heterocycles. The Kier molecular flexibility index (Phi) is 3.08. The van der Waals surface area contributed by atoms with E-state index < -0.39 is 0 Å². The topological polar surface area (TPSA) is 13.1 Å². The van der Waals surface area contributed by atoms with Crippen molar-refractivity contribution >= 4 is 27.3 Å². The lowest BCUT2D eigenvalue weighted by atomic mass is 10.1. The third-order valence-electron chi connectivity index (χ3n) is 2.15. The van der Waals surface area contributed by atoms with Crippen LogP contribution in [0, 0.1) is 6.92 Å². The number of alkyl halides is 1. The molecule has 0 aliphatic heterocycles. The summed E-state index contributed by atoms with van der Waals surface area (Å²) < 4.78 is 5.43. The van der Waals surface area contributed by atoms with Crippen molar-refractivity contribution in [2.45, 2.75) is 18.2 Å². The third-order valence-corrected chi connectivity index (χ3v) is 3.78. The molecule has 0 spiro atoms. The van der Waals surface area contributed by atoms with Crippen LogP contribution in [0.25, 0.3) is 0 Å². The van der Waals surface area contributed by atoms with Gasteiger partial charge in [-0.25, -0.2) is 0 Å². The van der Waals surface area contributed by atoms with Crippen molar-refractivity contribution in [1.82, 2.24) is 0 Å². The minimum Gasteiger partial charge on any atom is -0.468 e. The zero-order chi connectivity index (χ0) is 9.97. The summed E-state index contributed by atoms with van der Waals surface area (Å²) in [6.45, 7) is 2.07. The largest absolute Gasteiger partial charge is 0.468 e. The Labute approximate surface area is 95.9 Å². The fraction of sp³-hybridized carbons (Fsp3) is 0.273. The Bertz CT molecular complexity index is 391. The van der Waals surface area contributed by atoms with Crippen LogP contribution in [0.1, 0.15) is 21.0 Å². The predicted molar refractivity (Wildman–Crippen MR) is 63.1 cm³/mol. The van der Waals surface area contributed by atoms with Gasteiger partial charge in [0.1, 0.15) is 5.76 Å². The number of halogens is 1. The molecule has 0 aromatic carbocycles. The van der Waals surface area contributed by atoms with Gasteiger partial charge in [-0.2, -0.15) is 0 Å². The summed E-state index contributed by atoms with van der Waals surface area (Å²) >= 11 is 5.43. The van der Waals surface area contributed by atoms with E-state index in [1.54, 1.807) is 17.6 Å². The van der Waals surface area contributed by atoms with E-state index in [0.717, 1.165) is 12.2 Å². The van der Waals surface area contributed by atoms with Crippen molar-refractivity contribution in [2.24, 2.45) is 0 Å². The molecule has 0 radical (unpaired) electrons. The van der Waals surface area contributed by atoms with Crippen molar-refractivity contribution in [1.29, 1.82) is 0 Å². The van der Waals surface area contributed by atoms with Crippen molar-refractivity contribution < 1.29 is 4.42 Å². The van der Waals surface area contributed by atoms with E-state index >= 15 is 0 Å². The normalized spacial score (nSPS) is 13.0. The SMILES string of the molecule is Cc1ccoc1C(Br)Cc1cccs1. The molecule has 1 unspecified atom stereocenters. The van der Waals surface area contributed by atoms with Crippen LogP contribution in [-0.2, 0) is 6.42 Å². The summed E-state index contributed by atoms with van der Waals surface area (Å²) in [5.74, 6) is 1.04. The first-order chi connectivity index (χ1) is 6.77. The van der Waals surface area contributed by atoms with Gasteiger partial charge in [0.05, 0.1) is 11.1 Å². The standard InChI is InChI=1S/C11H11BrOS/c1-8-4-5-13-11(8)10(12)7-9-3-2-6-14-9/h2-6,10H,7H2,1H3. The molecule has 0 fully saturated rings. The average Bonchev–Trinajstić information content (AvgIpc) is 2.75. The molecule has 0 aliphatic rings. The van der Waals surface area contributed by atoms with E-state index in [9.17, 15) is 0 Å². The number of rotatable bonds is 3. The van der Waals surface area contributed by atoms with Gasteiger partial charge in [-0.3, -0.25) is 0 Å². The molecule has 74 valence electrons. The number of hydrogen-bond donors (Lipinski definition) is 0. The summed E-state index contributed by atoms with van der Waals surface area (Å²) in [6, 6.07) is 6.23. The Balaban J connectivity index is 2.10. The lowest BCUT2D eigenvalue weighted by Gasteiger charge is -2.05. The van der Waals surface area contributed by atoms with Crippen molar-refractivity contribution in [3.05, 3.63) is 46.0 Å². The second-order valence-corrected chi connectivity index (χ2v) is 5.36. The first kappa shape index (κ1) is 9.99. The molecule has 1 nitrogen and oxygen atoms in total. The predicted octanol–water partition coefficient (Wildman–Crippen LogP) is 4.33. The van der Waals surface area contributed by atoms with E-state index in [4.69, 9.17) is 4.42 Å². The molecule has 0 N–H and O–H groups in total. The van der Waals surface area contributed by atoms with Crippen LogP contribution in [0.15, 0.2) is 34.3 Å². The average molecular weight is 271 g/mol. The lowest BCUT2D eigenvalue weighted by Crippen LogP contribution is -1.93. The molecule has 14 heavy (non-hydrogen) atoms. The smallest absolute Gasteiger partial charge is 0.120 e. The van der Waals surface area contributed by atoms with E-state index in [0.29, 0.717) is 0 Å². The molecule has 2 aromatic heterocycles. The number of furan rings is 1. The third kappa shape index (κ3) is 2.10. The second-order valence-electron chi connectivity index (χ2n) is 3.22. The fourth-order valence-corrected chi connectivity index (χ4v) is 3.19. The minimum absolute atomic E-state index is 0.288. The molecule has 2 rings (SSSR count). The van der Waals surface area contributed by atoms with Crippen molar-refractivity contribution in [3.8, 4) is 0 Å². The van der Waals surface area contributed by atoms with Crippen molar-refractivity contribution in [2.75, 3.05) is 0 Å². The quantitative estimate of drug-likeness (QED) is 0.757. The van der Waals surface area contributed by atoms with Crippen LogP contribution in [0.3, 0.4) is 0 Å². The van der Waals surface area contributed by atoms with Gasteiger partial charge < -0.3 is 4.42 Å². The van der Waals surface area contributed by atoms with E-state index in [1.807, 2.05) is 6.07 Å². The maximum absolute atomic E-state index is 5.43. The van der Waals surface area contributed by atoms with Crippen LogP contribution in [0.2, 0.25) is 0 Å². The number of hydrogen-bond acceptors (Lipinski definition) is 2. The van der Waals surface area contributed by atoms with Gasteiger partial charge >= 0.3 is 0 Å². The summed E-state index contributed by atoms with van der Waals surface area (Å²) in [6.07, 6.45) is 2.74. The van der Waals surface area contributed by atoms with Gasteiger partial charge in [-0.15, -0.1) is 11.3 Å². The summed E-state index contributed by atoms with van der Waals surface area (Å²) in [5, 5.41) is 2.10. The molecule has 0 saturated heterocycles. The molecule has 0 amide bonds. The Morgan fingerprint density at radius 2 is 2.36 bits per heavy atom. The van der Waals surface area contributed by atoms with Gasteiger partial charge in [0.25, 0.3) is 0 Å². The second kappa shape index (κ2) is 4.32. The van der Waals surface area contributed by atoms with Crippen LogP contribution >= 0.6 is 27.3 Å². The molecule has 1 atom stereocenters. The van der Waals surface area contributed by atoms with Crippen molar-refractivity contribution in [3.63, 3.8) is 0 Å². The maximum Gasteiger partial charge on any atom is 0.120 e. The van der Waals surface area contributed by atoms with Crippen LogP contribution in [-0.4, -0.2) is 0 Å². The first-order valence-corrected chi connectivity index (χ1v) is 6.27. The van der Waals surface area contributed by atoms with Gasteiger partial charge in [-0.1, -0.05) is 22.0 Å². The Hall–Kier alpha value is -0.540. The lowest BCUT2D eigenvalue weighted by molar-refractivity contribution is 0.505. The molecular weight excluding hydrogens is 260 g/mol. The van der Waals surface area contributed by atoms with E-state index in [-0.39, 0.29) is 4.83 Å². The van der Waals surface area contributed by atoms with Crippen LogP contribution in [0.4, 0.5) is 0 Å². The molecule has 2 aromatic rings. The Morgan fingerprint density at radius 3 is 2.93 bits per heavy atom. The molecule has 3 heteroatoms. The number of aryl methyl sites for hydroxylation is 1. The monoisotopic (exact) mass is 270 g/mol. The van der Waals surface area contributed by atoms with E-state index in [2.05, 4.69) is 40.4 Å². The summed E-state index contributed by atoms with van der Waals surface area (Å²) in [5.41, 5.74) is 1.21. The summed E-state index contributed by atoms with van der Waals surface area (Å²) in [4.78, 5) is 1.67. The zero-order valence-corrected chi connectivity index (χ0v) is 10.3. The first-order valence-electron chi connectivity index (χ1n) is 4.48. The van der Waals surface area contributed by atoms with Gasteiger partial charge in [0.2, 0.25) is 0 Å². The van der Waals surface area contributed by atoms with E-state index in [1.165, 1.54) is 10.4 Å². The molecule has 0 saturated carbocycles. The molecular formula is C11H11BrOS. The number of thiophene rings is 1. The Morgan fingerprint density at radius 1 is 1.50 bits per heavy atom. The van der Waals surface area contributed by atoms with Crippen LogP contribution in [0.5, 0.6) is 0 Å². The molecule has 0 bridgehead atoms. The zero-order valence-electron chi connectivity index (χ0n) is 7.87. The van der Waals surface area contributed by atoms with Gasteiger partial charge in [0.15, 0.2) is 0 Å². The van der Waals surface area contributed by atoms with Gasteiger partial charge in [0, 0.05) is 11.3 Å². The maximum atomic E-state index is 5.43. The highest BCUT2D eigenvalue weighted by Crippen LogP contribution is 2.31. The highest BCUT2D eigenvalue weighted by molar-refractivity contribution is 9.09. The highest BCUT2D eigenvalue weighted by Gasteiger charge is 2.14. The minimum atomic E-state index is 0.288. The summed E-state index contributed by atoms with van der Waals surface area (Å²) in [7, 11) is 0. The van der Waals surface area contributed by atoms with Crippen LogP contribution < -0.4 is 0 Å². The molecule has 0 aliphatic carbocycles. The van der Waals surface area contributed by atoms with Gasteiger partial charge in [-0.05, 0) is 30.0 Å². The fourth-order valence-electron chi connectivity index (χ4n) is 1.40.